The molecular weight excluding hydrogens is 192 g/mol. The SMILES string of the molecule is CC(O)CCNC(=O)NC1CC=CCC1. The Balaban J connectivity index is 2.10. The van der Waals surface area contributed by atoms with Crippen LogP contribution in [0.2, 0.25) is 0 Å². The van der Waals surface area contributed by atoms with E-state index in [1.54, 1.807) is 6.92 Å². The van der Waals surface area contributed by atoms with Crippen LogP contribution in [0.1, 0.15) is 32.6 Å². The molecule has 0 aromatic carbocycles. The minimum Gasteiger partial charge on any atom is -0.393 e. The molecule has 0 saturated carbocycles. The van der Waals surface area contributed by atoms with Gasteiger partial charge < -0.3 is 15.7 Å². The van der Waals surface area contributed by atoms with Gasteiger partial charge in [-0.15, -0.1) is 0 Å². The highest BCUT2D eigenvalue weighted by atomic mass is 16.3. The predicted molar refractivity (Wildman–Crippen MR) is 59.6 cm³/mol. The number of carbonyl (C=O) groups excluding carboxylic acids is 1. The second-order valence-electron chi connectivity index (χ2n) is 4.02. The van der Waals surface area contributed by atoms with E-state index in [2.05, 4.69) is 22.8 Å². The molecule has 0 aliphatic heterocycles. The van der Waals surface area contributed by atoms with Crippen molar-refractivity contribution in [2.45, 2.75) is 44.8 Å². The first kappa shape index (κ1) is 12.0. The highest BCUT2D eigenvalue weighted by Gasteiger charge is 2.12. The molecule has 0 saturated heterocycles. The summed E-state index contributed by atoms with van der Waals surface area (Å²) in [5, 5.41) is 14.6. The van der Waals surface area contributed by atoms with E-state index in [4.69, 9.17) is 5.11 Å². The molecule has 2 unspecified atom stereocenters. The fraction of sp³-hybridized carbons (Fsp3) is 0.727. The summed E-state index contributed by atoms with van der Waals surface area (Å²) in [5.74, 6) is 0. The van der Waals surface area contributed by atoms with Gasteiger partial charge in [-0.25, -0.2) is 4.79 Å². The van der Waals surface area contributed by atoms with Crippen molar-refractivity contribution in [3.8, 4) is 0 Å². The largest absolute Gasteiger partial charge is 0.393 e. The zero-order valence-corrected chi connectivity index (χ0v) is 9.20. The first-order chi connectivity index (χ1) is 7.18. The number of amides is 2. The van der Waals surface area contributed by atoms with E-state index in [1.165, 1.54) is 0 Å². The Morgan fingerprint density at radius 2 is 2.40 bits per heavy atom. The van der Waals surface area contributed by atoms with Crippen molar-refractivity contribution < 1.29 is 9.90 Å². The molecule has 1 aliphatic carbocycles. The molecule has 0 bridgehead atoms. The quantitative estimate of drug-likeness (QED) is 0.612. The second kappa shape index (κ2) is 6.45. The maximum absolute atomic E-state index is 11.4. The number of allylic oxidation sites excluding steroid dienone is 1. The van der Waals surface area contributed by atoms with Crippen LogP contribution < -0.4 is 10.6 Å². The van der Waals surface area contributed by atoms with Gasteiger partial charge in [0, 0.05) is 12.6 Å². The minimum atomic E-state index is -0.358. The Kier molecular flexibility index (Phi) is 5.18. The summed E-state index contributed by atoms with van der Waals surface area (Å²) in [6.07, 6.45) is 7.46. The van der Waals surface area contributed by atoms with Crippen molar-refractivity contribution in [1.82, 2.24) is 10.6 Å². The zero-order chi connectivity index (χ0) is 11.1. The molecule has 2 amide bonds. The Morgan fingerprint density at radius 3 is 3.00 bits per heavy atom. The highest BCUT2D eigenvalue weighted by Crippen LogP contribution is 2.09. The van der Waals surface area contributed by atoms with Crippen LogP contribution >= 0.6 is 0 Å². The van der Waals surface area contributed by atoms with Crippen molar-refractivity contribution in [2.75, 3.05) is 6.54 Å². The normalized spacial score (nSPS) is 22.1. The molecule has 0 spiro atoms. The number of carbonyl (C=O) groups is 1. The number of urea groups is 1. The molecule has 2 atom stereocenters. The van der Waals surface area contributed by atoms with Gasteiger partial charge in [0.15, 0.2) is 0 Å². The lowest BCUT2D eigenvalue weighted by Gasteiger charge is -2.19. The van der Waals surface area contributed by atoms with Crippen LogP contribution in [0, 0.1) is 0 Å². The summed E-state index contributed by atoms with van der Waals surface area (Å²) in [5.41, 5.74) is 0. The van der Waals surface area contributed by atoms with Crippen molar-refractivity contribution in [1.29, 1.82) is 0 Å². The van der Waals surface area contributed by atoms with Gasteiger partial charge >= 0.3 is 6.03 Å². The Morgan fingerprint density at radius 1 is 1.60 bits per heavy atom. The Bertz CT molecular complexity index is 227. The van der Waals surface area contributed by atoms with Gasteiger partial charge in [-0.3, -0.25) is 0 Å². The molecular formula is C11H20N2O2. The lowest BCUT2D eigenvalue weighted by atomic mass is 10.0. The van der Waals surface area contributed by atoms with Crippen LogP contribution in [0.3, 0.4) is 0 Å². The molecule has 0 aromatic rings. The number of hydrogen-bond donors (Lipinski definition) is 3. The third kappa shape index (κ3) is 5.42. The van der Waals surface area contributed by atoms with Crippen molar-refractivity contribution >= 4 is 6.03 Å². The molecule has 86 valence electrons. The summed E-state index contributed by atoms with van der Waals surface area (Å²) in [4.78, 5) is 11.4. The first-order valence-electron chi connectivity index (χ1n) is 5.56. The third-order valence-electron chi connectivity index (χ3n) is 2.45. The monoisotopic (exact) mass is 212 g/mol. The van der Waals surface area contributed by atoms with Crippen molar-refractivity contribution in [2.24, 2.45) is 0 Å². The van der Waals surface area contributed by atoms with Crippen LogP contribution in [-0.2, 0) is 0 Å². The second-order valence-corrected chi connectivity index (χ2v) is 4.02. The van der Waals surface area contributed by atoms with E-state index in [1.807, 2.05) is 0 Å². The Labute approximate surface area is 90.7 Å². The Hall–Kier alpha value is -1.03. The molecule has 1 aliphatic rings. The lowest BCUT2D eigenvalue weighted by molar-refractivity contribution is 0.183. The molecule has 3 N–H and O–H groups in total. The number of aliphatic hydroxyl groups excluding tert-OH is 1. The third-order valence-corrected chi connectivity index (χ3v) is 2.45. The fourth-order valence-electron chi connectivity index (χ4n) is 1.56. The minimum absolute atomic E-state index is 0.129. The van der Waals surface area contributed by atoms with Crippen LogP contribution in [-0.4, -0.2) is 29.8 Å². The fourth-order valence-corrected chi connectivity index (χ4v) is 1.56. The van der Waals surface area contributed by atoms with Crippen molar-refractivity contribution in [3.63, 3.8) is 0 Å². The van der Waals surface area contributed by atoms with E-state index in [9.17, 15) is 4.79 Å². The summed E-state index contributed by atoms with van der Waals surface area (Å²) in [6, 6.07) is 0.137. The number of aliphatic hydroxyl groups is 1. The van der Waals surface area contributed by atoms with Crippen LogP contribution in [0.15, 0.2) is 12.2 Å². The molecule has 4 nitrogen and oxygen atoms in total. The molecule has 0 fully saturated rings. The first-order valence-corrected chi connectivity index (χ1v) is 5.56. The van der Waals surface area contributed by atoms with E-state index >= 15 is 0 Å². The van der Waals surface area contributed by atoms with E-state index < -0.39 is 0 Å². The van der Waals surface area contributed by atoms with Crippen LogP contribution in [0.4, 0.5) is 4.79 Å². The number of nitrogens with one attached hydrogen (secondary N) is 2. The molecule has 15 heavy (non-hydrogen) atoms. The molecule has 4 heteroatoms. The van der Waals surface area contributed by atoms with E-state index in [0.717, 1.165) is 19.3 Å². The van der Waals surface area contributed by atoms with Gasteiger partial charge in [0.05, 0.1) is 6.10 Å². The topological polar surface area (TPSA) is 61.4 Å². The maximum Gasteiger partial charge on any atom is 0.315 e. The van der Waals surface area contributed by atoms with Gasteiger partial charge in [-0.05, 0) is 32.6 Å². The zero-order valence-electron chi connectivity index (χ0n) is 9.20. The molecule has 0 heterocycles. The van der Waals surface area contributed by atoms with Gasteiger partial charge in [0.25, 0.3) is 0 Å². The van der Waals surface area contributed by atoms with Gasteiger partial charge in [-0.2, -0.15) is 0 Å². The summed E-state index contributed by atoms with van der Waals surface area (Å²) >= 11 is 0. The summed E-state index contributed by atoms with van der Waals surface area (Å²) in [7, 11) is 0. The van der Waals surface area contributed by atoms with Crippen LogP contribution in [0.25, 0.3) is 0 Å². The summed E-state index contributed by atoms with van der Waals surface area (Å²) in [6.45, 7) is 2.23. The van der Waals surface area contributed by atoms with Gasteiger partial charge in [0.1, 0.15) is 0 Å². The van der Waals surface area contributed by atoms with Crippen molar-refractivity contribution in [3.05, 3.63) is 12.2 Å². The molecule has 0 radical (unpaired) electrons. The van der Waals surface area contributed by atoms with Gasteiger partial charge in [0.2, 0.25) is 0 Å². The average Bonchev–Trinajstić information content (AvgIpc) is 2.18. The molecule has 0 aromatic heterocycles. The smallest absolute Gasteiger partial charge is 0.315 e. The van der Waals surface area contributed by atoms with Crippen LogP contribution in [0.5, 0.6) is 0 Å². The van der Waals surface area contributed by atoms with Gasteiger partial charge in [-0.1, -0.05) is 12.2 Å². The molecule has 1 rings (SSSR count). The standard InChI is InChI=1S/C11H20N2O2/c1-9(14)7-8-12-11(15)13-10-5-3-2-4-6-10/h2-3,9-10,14H,4-8H2,1H3,(H2,12,13,15). The lowest BCUT2D eigenvalue weighted by Crippen LogP contribution is -2.43. The summed E-state index contributed by atoms with van der Waals surface area (Å²) < 4.78 is 0. The average molecular weight is 212 g/mol. The number of hydrogen-bond acceptors (Lipinski definition) is 2. The highest BCUT2D eigenvalue weighted by molar-refractivity contribution is 5.74. The number of rotatable bonds is 4. The maximum atomic E-state index is 11.4. The predicted octanol–water partition coefficient (Wildman–Crippen LogP) is 1.17. The van der Waals surface area contributed by atoms with E-state index in [0.29, 0.717) is 13.0 Å². The van der Waals surface area contributed by atoms with E-state index in [-0.39, 0.29) is 18.2 Å².